The number of rotatable bonds is 5. The minimum atomic E-state index is -0.364. The maximum absolute atomic E-state index is 13.7. The molecule has 110 valence electrons. The van der Waals surface area contributed by atoms with Gasteiger partial charge in [-0.2, -0.15) is 0 Å². The zero-order chi connectivity index (χ0) is 14.8. The molecule has 0 radical (unpaired) electrons. The number of nitrogens with one attached hydrogen (secondary N) is 1. The Hall–Kier alpha value is -1.39. The SMILES string of the molecule is Cc1cc(CNC2CC2)ccc1Oc1cc(Br)ccc1F. The van der Waals surface area contributed by atoms with Crippen LogP contribution in [0.3, 0.4) is 0 Å². The summed E-state index contributed by atoms with van der Waals surface area (Å²) < 4.78 is 20.2. The highest BCUT2D eigenvalue weighted by atomic mass is 79.9. The number of aryl methyl sites for hydroxylation is 1. The van der Waals surface area contributed by atoms with Crippen molar-refractivity contribution in [3.63, 3.8) is 0 Å². The van der Waals surface area contributed by atoms with Crippen molar-refractivity contribution in [2.75, 3.05) is 0 Å². The molecule has 21 heavy (non-hydrogen) atoms. The molecule has 1 N–H and O–H groups in total. The van der Waals surface area contributed by atoms with Crippen LogP contribution in [0.4, 0.5) is 4.39 Å². The first-order valence-electron chi connectivity index (χ1n) is 7.07. The molecule has 2 aromatic rings. The van der Waals surface area contributed by atoms with Crippen LogP contribution in [-0.2, 0) is 6.54 Å². The van der Waals surface area contributed by atoms with Crippen molar-refractivity contribution in [2.24, 2.45) is 0 Å². The van der Waals surface area contributed by atoms with Crippen LogP contribution < -0.4 is 10.1 Å². The summed E-state index contributed by atoms with van der Waals surface area (Å²) in [5.74, 6) is 0.551. The zero-order valence-corrected chi connectivity index (χ0v) is 13.4. The third kappa shape index (κ3) is 3.83. The lowest BCUT2D eigenvalue weighted by Crippen LogP contribution is -2.15. The van der Waals surface area contributed by atoms with Crippen molar-refractivity contribution in [1.29, 1.82) is 0 Å². The summed E-state index contributed by atoms with van der Waals surface area (Å²) in [7, 11) is 0. The van der Waals surface area contributed by atoms with E-state index in [1.807, 2.05) is 19.1 Å². The van der Waals surface area contributed by atoms with Crippen molar-refractivity contribution >= 4 is 15.9 Å². The van der Waals surface area contributed by atoms with Gasteiger partial charge in [-0.05, 0) is 55.2 Å². The molecule has 0 saturated heterocycles. The second kappa shape index (κ2) is 6.16. The summed E-state index contributed by atoms with van der Waals surface area (Å²) in [6, 6.07) is 11.4. The van der Waals surface area contributed by atoms with Crippen LogP contribution in [0.25, 0.3) is 0 Å². The van der Waals surface area contributed by atoms with Gasteiger partial charge in [-0.3, -0.25) is 0 Å². The quantitative estimate of drug-likeness (QED) is 0.825. The first kappa shape index (κ1) is 14.5. The number of hydrogen-bond donors (Lipinski definition) is 1. The van der Waals surface area contributed by atoms with Crippen molar-refractivity contribution in [3.05, 3.63) is 57.8 Å². The van der Waals surface area contributed by atoms with E-state index in [0.717, 1.165) is 16.6 Å². The van der Waals surface area contributed by atoms with Gasteiger partial charge in [0.25, 0.3) is 0 Å². The molecule has 0 spiro atoms. The predicted octanol–water partition coefficient (Wildman–Crippen LogP) is 4.94. The van der Waals surface area contributed by atoms with Crippen LogP contribution in [0.2, 0.25) is 0 Å². The molecule has 1 aliphatic rings. The van der Waals surface area contributed by atoms with Gasteiger partial charge in [-0.1, -0.05) is 28.1 Å². The summed E-state index contributed by atoms with van der Waals surface area (Å²) >= 11 is 3.32. The standard InChI is InChI=1S/C17H17BrFNO/c1-11-8-12(10-20-14-4-5-14)2-7-16(11)21-17-9-13(18)3-6-15(17)19/h2-3,6-9,14,20H,4-5,10H2,1H3. The van der Waals surface area contributed by atoms with Crippen LogP contribution in [0.1, 0.15) is 24.0 Å². The Morgan fingerprint density at radius 1 is 1.19 bits per heavy atom. The number of halogens is 2. The van der Waals surface area contributed by atoms with Gasteiger partial charge in [0, 0.05) is 17.1 Å². The molecule has 1 aliphatic carbocycles. The normalized spacial score (nSPS) is 14.2. The van der Waals surface area contributed by atoms with Gasteiger partial charge in [0.2, 0.25) is 0 Å². The largest absolute Gasteiger partial charge is 0.454 e. The molecule has 1 fully saturated rings. The minimum Gasteiger partial charge on any atom is -0.454 e. The second-order valence-corrected chi connectivity index (χ2v) is 6.35. The molecule has 2 aromatic carbocycles. The monoisotopic (exact) mass is 349 g/mol. The highest BCUT2D eigenvalue weighted by molar-refractivity contribution is 9.10. The van der Waals surface area contributed by atoms with E-state index in [9.17, 15) is 4.39 Å². The Balaban J connectivity index is 1.74. The fourth-order valence-electron chi connectivity index (χ4n) is 2.16. The number of ether oxygens (including phenoxy) is 1. The molecule has 0 heterocycles. The van der Waals surface area contributed by atoms with Crippen LogP contribution in [0.15, 0.2) is 40.9 Å². The molecule has 4 heteroatoms. The summed E-state index contributed by atoms with van der Waals surface area (Å²) in [6.07, 6.45) is 2.56. The van der Waals surface area contributed by atoms with Gasteiger partial charge in [0.15, 0.2) is 11.6 Å². The van der Waals surface area contributed by atoms with Gasteiger partial charge in [0.05, 0.1) is 0 Å². The van der Waals surface area contributed by atoms with Gasteiger partial charge < -0.3 is 10.1 Å². The summed E-state index contributed by atoms with van der Waals surface area (Å²) in [4.78, 5) is 0. The van der Waals surface area contributed by atoms with Crippen molar-refractivity contribution in [2.45, 2.75) is 32.4 Å². The molecule has 2 nitrogen and oxygen atoms in total. The molecular weight excluding hydrogens is 333 g/mol. The van der Waals surface area contributed by atoms with E-state index in [-0.39, 0.29) is 11.6 Å². The van der Waals surface area contributed by atoms with Crippen LogP contribution >= 0.6 is 15.9 Å². The van der Waals surface area contributed by atoms with E-state index in [2.05, 4.69) is 27.3 Å². The third-order valence-electron chi connectivity index (χ3n) is 3.52. The van der Waals surface area contributed by atoms with E-state index in [1.54, 1.807) is 12.1 Å². The van der Waals surface area contributed by atoms with Crippen LogP contribution in [0.5, 0.6) is 11.5 Å². The fourth-order valence-corrected chi connectivity index (χ4v) is 2.50. The van der Waals surface area contributed by atoms with E-state index in [4.69, 9.17) is 4.74 Å². The molecule has 0 aliphatic heterocycles. The lowest BCUT2D eigenvalue weighted by Gasteiger charge is -2.11. The van der Waals surface area contributed by atoms with Crippen LogP contribution in [-0.4, -0.2) is 6.04 Å². The second-order valence-electron chi connectivity index (χ2n) is 5.43. The Morgan fingerprint density at radius 2 is 2.00 bits per heavy atom. The summed E-state index contributed by atoms with van der Waals surface area (Å²) in [5.41, 5.74) is 2.23. The molecule has 1 saturated carbocycles. The Bertz CT molecular complexity index is 655. The van der Waals surface area contributed by atoms with E-state index in [1.165, 1.54) is 24.5 Å². The predicted molar refractivity (Wildman–Crippen MR) is 85.2 cm³/mol. The fraction of sp³-hybridized carbons (Fsp3) is 0.294. The highest BCUT2D eigenvalue weighted by Gasteiger charge is 2.20. The molecule has 0 atom stereocenters. The Kier molecular flexibility index (Phi) is 4.27. The minimum absolute atomic E-state index is 0.233. The molecule has 0 amide bonds. The van der Waals surface area contributed by atoms with Crippen molar-refractivity contribution in [3.8, 4) is 11.5 Å². The molecule has 0 unspecified atom stereocenters. The third-order valence-corrected chi connectivity index (χ3v) is 4.02. The maximum Gasteiger partial charge on any atom is 0.165 e. The first-order chi connectivity index (χ1) is 10.1. The lowest BCUT2D eigenvalue weighted by atomic mass is 10.1. The number of benzene rings is 2. The van der Waals surface area contributed by atoms with Crippen molar-refractivity contribution in [1.82, 2.24) is 5.32 Å². The maximum atomic E-state index is 13.7. The van der Waals surface area contributed by atoms with E-state index in [0.29, 0.717) is 11.8 Å². The Labute approximate surface area is 132 Å². The van der Waals surface area contributed by atoms with Gasteiger partial charge in [-0.25, -0.2) is 4.39 Å². The zero-order valence-electron chi connectivity index (χ0n) is 11.8. The summed E-state index contributed by atoms with van der Waals surface area (Å²) in [6.45, 7) is 2.85. The average Bonchev–Trinajstić information content (AvgIpc) is 3.27. The molecule has 0 aromatic heterocycles. The lowest BCUT2D eigenvalue weighted by molar-refractivity contribution is 0.439. The molecule has 0 bridgehead atoms. The molecule has 3 rings (SSSR count). The van der Waals surface area contributed by atoms with Crippen LogP contribution in [0, 0.1) is 12.7 Å². The van der Waals surface area contributed by atoms with E-state index >= 15 is 0 Å². The number of hydrogen-bond acceptors (Lipinski definition) is 2. The smallest absolute Gasteiger partial charge is 0.165 e. The first-order valence-corrected chi connectivity index (χ1v) is 7.87. The van der Waals surface area contributed by atoms with Gasteiger partial charge in [-0.15, -0.1) is 0 Å². The van der Waals surface area contributed by atoms with E-state index < -0.39 is 0 Å². The summed E-state index contributed by atoms with van der Waals surface area (Å²) in [5, 5.41) is 3.48. The Morgan fingerprint density at radius 3 is 2.71 bits per heavy atom. The average molecular weight is 350 g/mol. The topological polar surface area (TPSA) is 21.3 Å². The van der Waals surface area contributed by atoms with Gasteiger partial charge in [0.1, 0.15) is 5.75 Å². The van der Waals surface area contributed by atoms with Crippen molar-refractivity contribution < 1.29 is 9.13 Å². The molecular formula is C17H17BrFNO. The highest BCUT2D eigenvalue weighted by Crippen LogP contribution is 2.30. The van der Waals surface area contributed by atoms with Gasteiger partial charge >= 0.3 is 0 Å².